The number of ether oxygens (including phenoxy) is 1. The molecule has 1 aliphatic heterocycles. The van der Waals surface area contributed by atoms with Gasteiger partial charge in [0.15, 0.2) is 0 Å². The normalized spacial score (nSPS) is 22.4. The maximum atomic E-state index is 14.0. The van der Waals surface area contributed by atoms with Crippen molar-refractivity contribution in [1.29, 1.82) is 0 Å². The zero-order valence-corrected chi connectivity index (χ0v) is 16.1. The van der Waals surface area contributed by atoms with Crippen molar-refractivity contribution < 1.29 is 19.0 Å². The smallest absolute Gasteiger partial charge is 0.410 e. The van der Waals surface area contributed by atoms with Crippen LogP contribution in [0.5, 0.6) is 0 Å². The van der Waals surface area contributed by atoms with Gasteiger partial charge in [-0.05, 0) is 46.1 Å². The van der Waals surface area contributed by atoms with Gasteiger partial charge >= 0.3 is 6.09 Å². The SMILES string of the molecule is CC(C)(C)OC(=O)N1CC[C@@H](F)C[C@H]1C[C@@H](O)c1cccc2ncsc12. The van der Waals surface area contributed by atoms with Crippen LogP contribution in [0.25, 0.3) is 10.2 Å². The van der Waals surface area contributed by atoms with Crippen molar-refractivity contribution in [1.82, 2.24) is 9.88 Å². The molecule has 1 aliphatic rings. The molecule has 2 aromatic rings. The van der Waals surface area contributed by atoms with Crippen molar-refractivity contribution >= 4 is 27.6 Å². The van der Waals surface area contributed by atoms with Crippen LogP contribution in [0.1, 0.15) is 51.7 Å². The van der Waals surface area contributed by atoms with Crippen LogP contribution in [0.4, 0.5) is 9.18 Å². The number of hydrogen-bond donors (Lipinski definition) is 1. The summed E-state index contributed by atoms with van der Waals surface area (Å²) >= 11 is 1.47. The van der Waals surface area contributed by atoms with Gasteiger partial charge in [-0.1, -0.05) is 12.1 Å². The third kappa shape index (κ3) is 4.32. The van der Waals surface area contributed by atoms with Gasteiger partial charge in [-0.15, -0.1) is 11.3 Å². The Morgan fingerprint density at radius 3 is 3.00 bits per heavy atom. The number of likely N-dealkylation sites (tertiary alicyclic amines) is 1. The first-order valence-corrected chi connectivity index (χ1v) is 9.76. The molecule has 26 heavy (non-hydrogen) atoms. The third-order valence-electron chi connectivity index (χ3n) is 4.52. The highest BCUT2D eigenvalue weighted by molar-refractivity contribution is 7.16. The molecule has 1 N–H and O–H groups in total. The number of amides is 1. The summed E-state index contributed by atoms with van der Waals surface area (Å²) in [7, 11) is 0. The zero-order chi connectivity index (χ0) is 18.9. The fourth-order valence-electron chi connectivity index (χ4n) is 3.34. The molecule has 1 aromatic carbocycles. The predicted octanol–water partition coefficient (Wildman–Crippen LogP) is 4.46. The van der Waals surface area contributed by atoms with Gasteiger partial charge in [-0.3, -0.25) is 0 Å². The minimum Gasteiger partial charge on any atom is -0.444 e. The highest BCUT2D eigenvalue weighted by Gasteiger charge is 2.35. The number of aliphatic hydroxyl groups is 1. The number of benzene rings is 1. The largest absolute Gasteiger partial charge is 0.444 e. The summed E-state index contributed by atoms with van der Waals surface area (Å²) in [5.74, 6) is 0. The lowest BCUT2D eigenvalue weighted by atomic mass is 9.93. The maximum Gasteiger partial charge on any atom is 0.410 e. The van der Waals surface area contributed by atoms with Crippen molar-refractivity contribution in [2.45, 2.75) is 64.0 Å². The number of aromatic nitrogens is 1. The van der Waals surface area contributed by atoms with Crippen LogP contribution in [0, 0.1) is 0 Å². The van der Waals surface area contributed by atoms with Gasteiger partial charge in [0.1, 0.15) is 11.8 Å². The highest BCUT2D eigenvalue weighted by atomic mass is 32.1. The van der Waals surface area contributed by atoms with E-state index in [-0.39, 0.29) is 12.8 Å². The first-order valence-electron chi connectivity index (χ1n) is 8.88. The van der Waals surface area contributed by atoms with Crippen LogP contribution in [0.3, 0.4) is 0 Å². The molecule has 2 heterocycles. The Labute approximate surface area is 156 Å². The van der Waals surface area contributed by atoms with Gasteiger partial charge in [-0.2, -0.15) is 0 Å². The van der Waals surface area contributed by atoms with Crippen molar-refractivity contribution in [3.63, 3.8) is 0 Å². The monoisotopic (exact) mass is 380 g/mol. The van der Waals surface area contributed by atoms with Crippen LogP contribution in [-0.4, -0.2) is 45.4 Å². The summed E-state index contributed by atoms with van der Waals surface area (Å²) in [5.41, 5.74) is 2.74. The summed E-state index contributed by atoms with van der Waals surface area (Å²) in [6.07, 6.45) is -1.41. The number of nitrogens with zero attached hydrogens (tertiary/aromatic N) is 2. The Bertz CT molecular complexity index is 773. The van der Waals surface area contributed by atoms with E-state index >= 15 is 0 Å². The van der Waals surface area contributed by atoms with Gasteiger partial charge in [0.25, 0.3) is 0 Å². The van der Waals surface area contributed by atoms with Gasteiger partial charge in [0, 0.05) is 18.2 Å². The molecule has 1 saturated heterocycles. The Hall–Kier alpha value is -1.73. The van der Waals surface area contributed by atoms with Gasteiger partial charge in [0.05, 0.1) is 21.8 Å². The van der Waals surface area contributed by atoms with Crippen LogP contribution >= 0.6 is 11.3 Å². The minimum atomic E-state index is -0.968. The van der Waals surface area contributed by atoms with Gasteiger partial charge in [0.2, 0.25) is 0 Å². The summed E-state index contributed by atoms with van der Waals surface area (Å²) in [6.45, 7) is 5.72. The number of rotatable bonds is 3. The first-order chi connectivity index (χ1) is 12.2. The minimum absolute atomic E-state index is 0.217. The third-order valence-corrected chi connectivity index (χ3v) is 5.41. The van der Waals surface area contributed by atoms with Crippen molar-refractivity contribution in [3.8, 4) is 0 Å². The van der Waals surface area contributed by atoms with Crippen LogP contribution in [0.2, 0.25) is 0 Å². The topological polar surface area (TPSA) is 62.7 Å². The molecule has 142 valence electrons. The number of piperidine rings is 1. The molecule has 0 spiro atoms. The molecule has 3 rings (SSSR count). The van der Waals surface area contributed by atoms with E-state index in [1.807, 2.05) is 18.2 Å². The number of halogens is 1. The molecule has 5 nitrogen and oxygen atoms in total. The van der Waals surface area contributed by atoms with Crippen molar-refractivity contribution in [3.05, 3.63) is 29.3 Å². The van der Waals surface area contributed by atoms with Crippen molar-refractivity contribution in [2.24, 2.45) is 0 Å². The molecule has 3 atom stereocenters. The average Bonchev–Trinajstić information content (AvgIpc) is 3.01. The highest BCUT2D eigenvalue weighted by Crippen LogP contribution is 2.33. The fourth-order valence-corrected chi connectivity index (χ4v) is 4.19. The zero-order valence-electron chi connectivity index (χ0n) is 15.3. The maximum absolute atomic E-state index is 14.0. The Morgan fingerprint density at radius 1 is 1.50 bits per heavy atom. The van der Waals surface area contributed by atoms with E-state index in [0.29, 0.717) is 13.0 Å². The lowest BCUT2D eigenvalue weighted by molar-refractivity contribution is -0.00656. The number of fused-ring (bicyclic) bond motifs is 1. The van der Waals surface area contributed by atoms with Gasteiger partial charge < -0.3 is 14.7 Å². The van der Waals surface area contributed by atoms with Crippen molar-refractivity contribution in [2.75, 3.05) is 6.54 Å². The molecule has 0 aliphatic carbocycles. The molecule has 7 heteroatoms. The molecular weight excluding hydrogens is 355 g/mol. The second kappa shape index (κ2) is 7.48. The standard InChI is InChI=1S/C19H25FN2O3S/c1-19(2,3)25-18(24)22-8-7-12(20)9-13(22)10-16(23)14-5-4-6-15-17(14)26-11-21-15/h4-6,11-13,16,23H,7-10H2,1-3H3/t12-,13+,16-/m1/s1. The van der Waals surface area contributed by atoms with E-state index in [4.69, 9.17) is 4.74 Å². The second-order valence-corrected chi connectivity index (χ2v) is 8.60. The summed E-state index contributed by atoms with van der Waals surface area (Å²) < 4.78 is 20.4. The number of aliphatic hydroxyl groups excluding tert-OH is 1. The van der Waals surface area contributed by atoms with E-state index in [0.717, 1.165) is 15.8 Å². The van der Waals surface area contributed by atoms with Crippen LogP contribution < -0.4 is 0 Å². The Balaban J connectivity index is 1.78. The van der Waals surface area contributed by atoms with E-state index in [9.17, 15) is 14.3 Å². The summed E-state index contributed by atoms with van der Waals surface area (Å²) in [6, 6.07) is 5.21. The molecule has 0 radical (unpaired) electrons. The molecule has 0 unspecified atom stereocenters. The van der Waals surface area contributed by atoms with Gasteiger partial charge in [-0.25, -0.2) is 14.2 Å². The lowest BCUT2D eigenvalue weighted by Crippen LogP contribution is -2.49. The molecule has 1 amide bonds. The fraction of sp³-hybridized carbons (Fsp3) is 0.579. The number of hydrogen-bond acceptors (Lipinski definition) is 5. The molecule has 0 saturated carbocycles. The van der Waals surface area contributed by atoms with E-state index in [2.05, 4.69) is 4.98 Å². The van der Waals surface area contributed by atoms with E-state index in [1.54, 1.807) is 31.2 Å². The van der Waals surface area contributed by atoms with E-state index < -0.39 is 30.0 Å². The number of thiazole rings is 1. The lowest BCUT2D eigenvalue weighted by Gasteiger charge is -2.38. The molecule has 1 fully saturated rings. The summed E-state index contributed by atoms with van der Waals surface area (Å²) in [5, 5.41) is 10.8. The quantitative estimate of drug-likeness (QED) is 0.854. The molecule has 0 bridgehead atoms. The first kappa shape index (κ1) is 19.0. The van der Waals surface area contributed by atoms with Crippen LogP contribution in [-0.2, 0) is 4.74 Å². The van der Waals surface area contributed by atoms with E-state index in [1.165, 1.54) is 11.3 Å². The Kier molecular flexibility index (Phi) is 5.48. The number of alkyl halides is 1. The number of carbonyl (C=O) groups excluding carboxylic acids is 1. The molecular formula is C19H25FN2O3S. The van der Waals surface area contributed by atoms with Crippen LogP contribution in [0.15, 0.2) is 23.7 Å². The Morgan fingerprint density at radius 2 is 2.27 bits per heavy atom. The molecule has 1 aromatic heterocycles. The second-order valence-electron chi connectivity index (χ2n) is 7.75. The number of carbonyl (C=O) groups is 1. The predicted molar refractivity (Wildman–Crippen MR) is 100 cm³/mol. The summed E-state index contributed by atoms with van der Waals surface area (Å²) in [4.78, 5) is 18.3. The average molecular weight is 380 g/mol.